The molecule has 3 heterocycles. The summed E-state index contributed by atoms with van der Waals surface area (Å²) >= 11 is 1.36. The number of ether oxygens (including phenoxy) is 1. The van der Waals surface area contributed by atoms with E-state index in [9.17, 15) is 14.4 Å². The zero-order valence-corrected chi connectivity index (χ0v) is 18.4. The number of hydrogen-bond acceptors (Lipinski definition) is 6. The molecule has 1 aromatic heterocycles. The quantitative estimate of drug-likeness (QED) is 0.803. The summed E-state index contributed by atoms with van der Waals surface area (Å²) in [6.45, 7) is 11.4. The smallest absolute Gasteiger partial charge is 0.410 e. The first-order chi connectivity index (χ1) is 13.5. The first-order valence-electron chi connectivity index (χ1n) is 9.84. The first kappa shape index (κ1) is 21.4. The lowest BCUT2D eigenvalue weighted by molar-refractivity contribution is -0.136. The molecule has 2 aliphatic rings. The normalized spacial score (nSPS) is 22.7. The molecule has 2 unspecified atom stereocenters. The van der Waals surface area contributed by atoms with E-state index in [1.165, 1.54) is 11.3 Å². The molecule has 4 amide bonds. The zero-order valence-electron chi connectivity index (χ0n) is 17.6. The Kier molecular flexibility index (Phi) is 6.02. The fraction of sp³-hybridized carbons (Fsp3) is 0.684. The van der Waals surface area contributed by atoms with Gasteiger partial charge in [0.05, 0.1) is 12.1 Å². The van der Waals surface area contributed by atoms with Gasteiger partial charge in [0.2, 0.25) is 5.91 Å². The second-order valence-electron chi connectivity index (χ2n) is 8.56. The summed E-state index contributed by atoms with van der Waals surface area (Å²) < 4.78 is 5.49. The number of hydrogen-bond donors (Lipinski definition) is 1. The van der Waals surface area contributed by atoms with E-state index in [0.29, 0.717) is 37.0 Å². The van der Waals surface area contributed by atoms with Crippen LogP contribution in [0.3, 0.4) is 0 Å². The molecular formula is C19H29N5O4S. The van der Waals surface area contributed by atoms with Crippen molar-refractivity contribution in [2.45, 2.75) is 58.7 Å². The Morgan fingerprint density at radius 1 is 1.24 bits per heavy atom. The first-order valence-corrected chi connectivity index (χ1v) is 10.7. The molecule has 0 radical (unpaired) electrons. The molecule has 2 fully saturated rings. The predicted octanol–water partition coefficient (Wildman–Crippen LogP) is 2.07. The molecule has 160 valence electrons. The lowest BCUT2D eigenvalue weighted by Crippen LogP contribution is -2.60. The molecule has 1 aromatic rings. The van der Waals surface area contributed by atoms with Crippen molar-refractivity contribution in [2.75, 3.05) is 31.1 Å². The fourth-order valence-electron chi connectivity index (χ4n) is 3.46. The molecule has 2 atom stereocenters. The molecule has 2 aliphatic heterocycles. The van der Waals surface area contributed by atoms with Gasteiger partial charge in [-0.25, -0.2) is 14.6 Å². The second kappa shape index (κ2) is 8.17. The van der Waals surface area contributed by atoms with Gasteiger partial charge in [0.25, 0.3) is 0 Å². The van der Waals surface area contributed by atoms with Gasteiger partial charge in [-0.3, -0.25) is 9.69 Å². The van der Waals surface area contributed by atoms with Crippen molar-refractivity contribution in [2.24, 2.45) is 0 Å². The number of anilines is 1. The lowest BCUT2D eigenvalue weighted by atomic mass is 10.1. The number of thiazole rings is 1. The molecule has 29 heavy (non-hydrogen) atoms. The third kappa shape index (κ3) is 4.98. The Balaban J connectivity index is 1.60. The van der Waals surface area contributed by atoms with Crippen LogP contribution in [0.2, 0.25) is 0 Å². The van der Waals surface area contributed by atoms with Crippen molar-refractivity contribution in [3.05, 3.63) is 11.1 Å². The minimum absolute atomic E-state index is 0.0316. The van der Waals surface area contributed by atoms with Gasteiger partial charge in [-0.2, -0.15) is 0 Å². The van der Waals surface area contributed by atoms with Crippen molar-refractivity contribution in [1.29, 1.82) is 0 Å². The molecule has 2 saturated heterocycles. The molecule has 0 bridgehead atoms. The van der Waals surface area contributed by atoms with Crippen molar-refractivity contribution in [1.82, 2.24) is 20.1 Å². The Morgan fingerprint density at radius 2 is 1.90 bits per heavy atom. The lowest BCUT2D eigenvalue weighted by Gasteiger charge is -2.44. The molecule has 10 heteroatoms. The number of urea groups is 1. The largest absolute Gasteiger partial charge is 0.444 e. The standard InChI is InChI=1S/C19H29N5O4S/c1-12-10-24(18(27)28-19(3,4)5)13(2)9-23(12)15(25)8-14-11-29-17(21-14)22-7-6-20-16(22)26/h11-13H,6-10H2,1-5H3,(H,20,26). The number of carbonyl (C=O) groups is 3. The summed E-state index contributed by atoms with van der Waals surface area (Å²) in [6, 6.07) is -0.407. The highest BCUT2D eigenvalue weighted by atomic mass is 32.1. The van der Waals surface area contributed by atoms with Crippen molar-refractivity contribution >= 4 is 34.5 Å². The van der Waals surface area contributed by atoms with Crippen LogP contribution < -0.4 is 10.2 Å². The van der Waals surface area contributed by atoms with E-state index in [2.05, 4.69) is 10.3 Å². The number of piperazine rings is 1. The Morgan fingerprint density at radius 3 is 2.52 bits per heavy atom. The number of nitrogens with zero attached hydrogens (tertiary/aromatic N) is 4. The molecule has 9 nitrogen and oxygen atoms in total. The Hall–Kier alpha value is -2.36. The van der Waals surface area contributed by atoms with Gasteiger partial charge in [0.15, 0.2) is 5.13 Å². The summed E-state index contributed by atoms with van der Waals surface area (Å²) in [6.07, 6.45) is -0.174. The monoisotopic (exact) mass is 423 g/mol. The van der Waals surface area contributed by atoms with Crippen LogP contribution in [0, 0.1) is 0 Å². The summed E-state index contributed by atoms with van der Waals surface area (Å²) in [5.41, 5.74) is 0.103. The highest BCUT2D eigenvalue weighted by molar-refractivity contribution is 7.14. The van der Waals surface area contributed by atoms with Crippen LogP contribution in [-0.2, 0) is 16.0 Å². The van der Waals surface area contributed by atoms with Crippen LogP contribution in [0.5, 0.6) is 0 Å². The van der Waals surface area contributed by atoms with Gasteiger partial charge < -0.3 is 19.9 Å². The van der Waals surface area contributed by atoms with Gasteiger partial charge in [-0.1, -0.05) is 0 Å². The van der Waals surface area contributed by atoms with E-state index < -0.39 is 5.60 Å². The Labute approximate surface area is 175 Å². The van der Waals surface area contributed by atoms with Gasteiger partial charge in [-0.05, 0) is 34.6 Å². The number of aromatic nitrogens is 1. The van der Waals surface area contributed by atoms with Crippen LogP contribution in [0.1, 0.15) is 40.3 Å². The Bertz CT molecular complexity index is 790. The number of amides is 4. The van der Waals surface area contributed by atoms with Gasteiger partial charge in [0.1, 0.15) is 5.60 Å². The minimum Gasteiger partial charge on any atom is -0.444 e. The van der Waals surface area contributed by atoms with E-state index in [1.807, 2.05) is 40.0 Å². The predicted molar refractivity (Wildman–Crippen MR) is 110 cm³/mol. The van der Waals surface area contributed by atoms with Crippen LogP contribution >= 0.6 is 11.3 Å². The van der Waals surface area contributed by atoms with Crippen LogP contribution in [0.15, 0.2) is 5.38 Å². The summed E-state index contributed by atoms with van der Waals surface area (Å²) in [4.78, 5) is 46.6. The summed E-state index contributed by atoms with van der Waals surface area (Å²) in [5, 5.41) is 5.18. The van der Waals surface area contributed by atoms with E-state index >= 15 is 0 Å². The topological polar surface area (TPSA) is 95.1 Å². The maximum atomic E-state index is 12.9. The van der Waals surface area contributed by atoms with Crippen molar-refractivity contribution in [3.8, 4) is 0 Å². The van der Waals surface area contributed by atoms with E-state index in [4.69, 9.17) is 4.74 Å². The van der Waals surface area contributed by atoms with E-state index in [1.54, 1.807) is 14.7 Å². The fourth-order valence-corrected chi connectivity index (χ4v) is 4.31. The highest BCUT2D eigenvalue weighted by Gasteiger charge is 2.36. The summed E-state index contributed by atoms with van der Waals surface area (Å²) in [5.74, 6) is -0.0316. The van der Waals surface area contributed by atoms with Crippen molar-refractivity contribution < 1.29 is 19.1 Å². The average molecular weight is 424 g/mol. The van der Waals surface area contributed by atoms with Crippen LogP contribution in [0.25, 0.3) is 0 Å². The second-order valence-corrected chi connectivity index (χ2v) is 9.40. The molecule has 1 N–H and O–H groups in total. The third-order valence-corrected chi connectivity index (χ3v) is 5.81. The van der Waals surface area contributed by atoms with Crippen molar-refractivity contribution in [3.63, 3.8) is 0 Å². The van der Waals surface area contributed by atoms with Gasteiger partial charge in [0, 0.05) is 43.6 Å². The number of rotatable bonds is 3. The summed E-state index contributed by atoms with van der Waals surface area (Å²) in [7, 11) is 0. The molecule has 0 saturated carbocycles. The SMILES string of the molecule is CC1CN(C(=O)OC(C)(C)C)C(C)CN1C(=O)Cc1csc(N2CCNC2=O)n1. The van der Waals surface area contributed by atoms with Gasteiger partial charge in [-0.15, -0.1) is 11.3 Å². The van der Waals surface area contributed by atoms with E-state index in [-0.39, 0.29) is 36.5 Å². The number of nitrogens with one attached hydrogen (secondary N) is 1. The minimum atomic E-state index is -0.554. The maximum Gasteiger partial charge on any atom is 0.410 e. The zero-order chi connectivity index (χ0) is 21.3. The van der Waals surface area contributed by atoms with E-state index in [0.717, 1.165) is 0 Å². The highest BCUT2D eigenvalue weighted by Crippen LogP contribution is 2.24. The van der Waals surface area contributed by atoms with Crippen LogP contribution in [-0.4, -0.2) is 76.7 Å². The maximum absolute atomic E-state index is 12.9. The molecular weight excluding hydrogens is 394 g/mol. The molecule has 3 rings (SSSR count). The van der Waals surface area contributed by atoms with Crippen LogP contribution in [0.4, 0.5) is 14.7 Å². The molecule has 0 aromatic carbocycles. The third-order valence-electron chi connectivity index (χ3n) is 4.89. The average Bonchev–Trinajstić information content (AvgIpc) is 3.23. The molecule has 0 spiro atoms. The van der Waals surface area contributed by atoms with Gasteiger partial charge >= 0.3 is 12.1 Å². The molecule has 0 aliphatic carbocycles. The number of carbonyl (C=O) groups excluding carboxylic acids is 3.